The van der Waals surface area contributed by atoms with E-state index in [4.69, 9.17) is 16.3 Å². The molecular weight excluding hydrogens is 353 g/mol. The van der Waals surface area contributed by atoms with Crippen molar-refractivity contribution >= 4 is 27.7 Å². The van der Waals surface area contributed by atoms with Gasteiger partial charge in [-0.15, -0.1) is 0 Å². The highest BCUT2D eigenvalue weighted by Crippen LogP contribution is 2.13. The molecule has 0 aliphatic carbocycles. The van der Waals surface area contributed by atoms with Crippen LogP contribution in [-0.4, -0.2) is 32.9 Å². The van der Waals surface area contributed by atoms with Crippen molar-refractivity contribution in [3.63, 3.8) is 0 Å². The van der Waals surface area contributed by atoms with Gasteiger partial charge < -0.3 is 4.74 Å². The summed E-state index contributed by atoms with van der Waals surface area (Å²) in [6.07, 6.45) is 1.50. The minimum Gasteiger partial charge on any atom is -0.492 e. The van der Waals surface area contributed by atoms with Gasteiger partial charge in [-0.05, 0) is 48.0 Å². The summed E-state index contributed by atoms with van der Waals surface area (Å²) >= 11 is 5.78. The molecule has 0 aromatic heterocycles. The largest absolute Gasteiger partial charge is 0.492 e. The Labute approximate surface area is 146 Å². The number of halogens is 2. The zero-order chi connectivity index (χ0) is 17.6. The lowest BCUT2D eigenvalue weighted by Crippen LogP contribution is -2.29. The highest BCUT2D eigenvalue weighted by atomic mass is 35.5. The van der Waals surface area contributed by atoms with Crippen molar-refractivity contribution in [3.8, 4) is 5.75 Å². The number of rotatable bonds is 7. The van der Waals surface area contributed by atoms with Gasteiger partial charge in [-0.1, -0.05) is 23.7 Å². The van der Waals surface area contributed by atoms with E-state index in [-0.39, 0.29) is 19.0 Å². The van der Waals surface area contributed by atoms with Crippen LogP contribution < -0.4 is 4.74 Å². The number of benzene rings is 2. The van der Waals surface area contributed by atoms with Crippen molar-refractivity contribution in [2.45, 2.75) is 0 Å². The second kappa shape index (κ2) is 8.28. The first-order valence-corrected chi connectivity index (χ1v) is 9.03. The van der Waals surface area contributed by atoms with Crippen LogP contribution in [0.2, 0.25) is 5.02 Å². The predicted molar refractivity (Wildman–Crippen MR) is 93.9 cm³/mol. The molecule has 4 nitrogen and oxygen atoms in total. The van der Waals surface area contributed by atoms with E-state index in [1.807, 2.05) is 0 Å². The fraction of sp³-hybridized carbons (Fsp3) is 0.176. The van der Waals surface area contributed by atoms with Gasteiger partial charge in [0.1, 0.15) is 18.2 Å². The van der Waals surface area contributed by atoms with Gasteiger partial charge in [-0.3, -0.25) is 0 Å². The summed E-state index contributed by atoms with van der Waals surface area (Å²) in [5, 5.41) is 1.72. The van der Waals surface area contributed by atoms with E-state index in [1.54, 1.807) is 24.3 Å². The Morgan fingerprint density at radius 3 is 2.38 bits per heavy atom. The van der Waals surface area contributed by atoms with Crippen LogP contribution >= 0.6 is 11.6 Å². The third-order valence-electron chi connectivity index (χ3n) is 3.23. The Morgan fingerprint density at radius 1 is 1.12 bits per heavy atom. The summed E-state index contributed by atoms with van der Waals surface area (Å²) < 4.78 is 43.7. The Bertz CT molecular complexity index is 790. The highest BCUT2D eigenvalue weighted by molar-refractivity contribution is 7.92. The Morgan fingerprint density at radius 2 is 1.75 bits per heavy atom. The highest BCUT2D eigenvalue weighted by Gasteiger charge is 2.13. The molecule has 2 aromatic rings. The van der Waals surface area contributed by atoms with Crippen LogP contribution in [0.15, 0.2) is 53.9 Å². The summed E-state index contributed by atoms with van der Waals surface area (Å²) in [6, 6.07) is 12.4. The van der Waals surface area contributed by atoms with Crippen LogP contribution in [0, 0.1) is 5.82 Å². The first-order chi connectivity index (χ1) is 11.4. The molecule has 0 bridgehead atoms. The monoisotopic (exact) mass is 369 g/mol. The van der Waals surface area contributed by atoms with E-state index in [0.717, 1.165) is 11.0 Å². The number of hydrogen-bond donors (Lipinski definition) is 0. The maximum Gasteiger partial charge on any atom is 0.236 e. The topological polar surface area (TPSA) is 46.6 Å². The molecule has 0 saturated carbocycles. The van der Waals surface area contributed by atoms with Crippen LogP contribution in [0.25, 0.3) is 6.08 Å². The van der Waals surface area contributed by atoms with Gasteiger partial charge in [0.05, 0.1) is 0 Å². The van der Waals surface area contributed by atoms with Crippen LogP contribution in [0.1, 0.15) is 5.56 Å². The first-order valence-electron chi connectivity index (χ1n) is 7.15. The lowest BCUT2D eigenvalue weighted by atomic mass is 10.2. The van der Waals surface area contributed by atoms with Gasteiger partial charge in [0.15, 0.2) is 0 Å². The average molecular weight is 370 g/mol. The smallest absolute Gasteiger partial charge is 0.236 e. The van der Waals surface area contributed by atoms with E-state index in [1.165, 1.54) is 41.7 Å². The van der Waals surface area contributed by atoms with Crippen LogP contribution in [0.4, 0.5) is 4.39 Å². The fourth-order valence-corrected chi connectivity index (χ4v) is 2.78. The molecule has 0 aliphatic heterocycles. The van der Waals surface area contributed by atoms with Gasteiger partial charge in [-0.2, -0.15) is 4.31 Å². The van der Waals surface area contributed by atoms with Gasteiger partial charge in [0.25, 0.3) is 0 Å². The molecule has 0 aliphatic rings. The minimum atomic E-state index is -3.55. The second-order valence-corrected chi connectivity index (χ2v) is 7.39. The van der Waals surface area contributed by atoms with Gasteiger partial charge in [0, 0.05) is 24.0 Å². The molecular formula is C17H17ClFNO3S. The Kier molecular flexibility index (Phi) is 6.36. The molecule has 0 spiro atoms. The number of likely N-dealkylation sites (N-methyl/N-ethyl adjacent to an activating group) is 1. The summed E-state index contributed by atoms with van der Waals surface area (Å²) in [7, 11) is -2.08. The SMILES string of the molecule is CN(CCOc1ccc(F)cc1)S(=O)(=O)C=Cc1ccc(Cl)cc1. The Hall–Kier alpha value is -1.89. The third kappa shape index (κ3) is 5.63. The van der Waals surface area contributed by atoms with Crippen LogP contribution in [0.5, 0.6) is 5.75 Å². The van der Waals surface area contributed by atoms with E-state index >= 15 is 0 Å². The second-order valence-electron chi connectivity index (χ2n) is 5.02. The van der Waals surface area contributed by atoms with Gasteiger partial charge >= 0.3 is 0 Å². The molecule has 0 radical (unpaired) electrons. The maximum absolute atomic E-state index is 12.8. The average Bonchev–Trinajstić information content (AvgIpc) is 2.56. The molecule has 2 aromatic carbocycles. The number of ether oxygens (including phenoxy) is 1. The van der Waals surface area contributed by atoms with Crippen LogP contribution in [0.3, 0.4) is 0 Å². The zero-order valence-corrected chi connectivity index (χ0v) is 14.6. The van der Waals surface area contributed by atoms with Gasteiger partial charge in [-0.25, -0.2) is 12.8 Å². The molecule has 0 N–H and O–H groups in total. The number of nitrogens with zero attached hydrogens (tertiary/aromatic N) is 1. The first kappa shape index (κ1) is 18.4. The molecule has 7 heteroatoms. The fourth-order valence-electron chi connectivity index (χ4n) is 1.79. The molecule has 24 heavy (non-hydrogen) atoms. The van der Waals surface area contributed by atoms with E-state index < -0.39 is 10.0 Å². The Balaban J connectivity index is 1.88. The number of hydrogen-bond acceptors (Lipinski definition) is 3. The van der Waals surface area contributed by atoms with Crippen molar-refractivity contribution in [2.24, 2.45) is 0 Å². The van der Waals surface area contributed by atoms with Crippen molar-refractivity contribution in [2.75, 3.05) is 20.2 Å². The molecule has 0 atom stereocenters. The molecule has 2 rings (SSSR count). The summed E-state index contributed by atoms with van der Waals surface area (Å²) in [5.74, 6) is 0.133. The van der Waals surface area contributed by atoms with Crippen molar-refractivity contribution < 1.29 is 17.5 Å². The standard InChI is InChI=1S/C17H17ClFNO3S/c1-20(11-12-23-17-8-6-16(19)7-9-17)24(21,22)13-10-14-2-4-15(18)5-3-14/h2-10,13H,11-12H2,1H3. The van der Waals surface area contributed by atoms with E-state index in [9.17, 15) is 12.8 Å². The van der Waals surface area contributed by atoms with E-state index in [2.05, 4.69) is 0 Å². The normalized spacial score (nSPS) is 12.0. The van der Waals surface area contributed by atoms with Crippen molar-refractivity contribution in [1.82, 2.24) is 4.31 Å². The van der Waals surface area contributed by atoms with Crippen molar-refractivity contribution in [1.29, 1.82) is 0 Å². The lowest BCUT2D eigenvalue weighted by molar-refractivity contribution is 0.287. The van der Waals surface area contributed by atoms with Gasteiger partial charge in [0.2, 0.25) is 10.0 Å². The quantitative estimate of drug-likeness (QED) is 0.746. The van der Waals surface area contributed by atoms with Crippen molar-refractivity contribution in [3.05, 3.63) is 70.3 Å². The lowest BCUT2D eigenvalue weighted by Gasteiger charge is -2.15. The molecule has 128 valence electrons. The third-order valence-corrected chi connectivity index (χ3v) is 5.01. The molecule has 0 fully saturated rings. The van der Waals surface area contributed by atoms with Crippen LogP contribution in [-0.2, 0) is 10.0 Å². The molecule has 0 heterocycles. The van der Waals surface area contributed by atoms with E-state index in [0.29, 0.717) is 10.8 Å². The molecule has 0 amide bonds. The number of sulfonamides is 1. The summed E-state index contributed by atoms with van der Waals surface area (Å²) in [5.41, 5.74) is 0.735. The summed E-state index contributed by atoms with van der Waals surface area (Å²) in [6.45, 7) is 0.334. The predicted octanol–water partition coefficient (Wildman–Crippen LogP) is 3.79. The molecule has 0 unspecified atom stereocenters. The molecule has 0 saturated heterocycles. The zero-order valence-electron chi connectivity index (χ0n) is 13.0. The minimum absolute atomic E-state index is 0.163. The summed E-state index contributed by atoms with van der Waals surface area (Å²) in [4.78, 5) is 0. The maximum atomic E-state index is 12.8.